The van der Waals surface area contributed by atoms with Crippen molar-refractivity contribution in [1.29, 1.82) is 0 Å². The molecule has 0 spiro atoms. The fourth-order valence-electron chi connectivity index (χ4n) is 3.52. The molecule has 1 saturated carbocycles. The van der Waals surface area contributed by atoms with Crippen LogP contribution in [0.5, 0.6) is 0 Å². The highest BCUT2D eigenvalue weighted by Gasteiger charge is 2.23. The fourth-order valence-corrected chi connectivity index (χ4v) is 3.52. The molecular formula is C18H23N3O2. The number of nitrogens with one attached hydrogen (secondary N) is 1. The Balaban J connectivity index is 1.82. The molecule has 122 valence electrons. The topological polar surface area (TPSA) is 58.4 Å². The van der Waals surface area contributed by atoms with Crippen LogP contribution in [0.25, 0.3) is 10.8 Å². The first kappa shape index (κ1) is 15.7. The lowest BCUT2D eigenvalue weighted by Crippen LogP contribution is -2.36. The zero-order chi connectivity index (χ0) is 16.4. The van der Waals surface area contributed by atoms with Crippen molar-refractivity contribution < 1.29 is 4.92 Å². The van der Waals surface area contributed by atoms with E-state index >= 15 is 0 Å². The number of nitro groups is 1. The van der Waals surface area contributed by atoms with Crippen LogP contribution in [0.15, 0.2) is 36.4 Å². The minimum absolute atomic E-state index is 0.169. The first-order valence-electron chi connectivity index (χ1n) is 8.15. The molecule has 2 aromatic carbocycles. The summed E-state index contributed by atoms with van der Waals surface area (Å²) in [4.78, 5) is 13.2. The van der Waals surface area contributed by atoms with Gasteiger partial charge in [-0.05, 0) is 51.9 Å². The maximum atomic E-state index is 11.2. The molecule has 5 nitrogen and oxygen atoms in total. The van der Waals surface area contributed by atoms with Gasteiger partial charge in [-0.25, -0.2) is 0 Å². The van der Waals surface area contributed by atoms with Crippen molar-refractivity contribution in [2.45, 2.75) is 37.8 Å². The summed E-state index contributed by atoms with van der Waals surface area (Å²) >= 11 is 0. The average Bonchev–Trinajstić information content (AvgIpc) is 2.55. The van der Waals surface area contributed by atoms with E-state index in [4.69, 9.17) is 0 Å². The molecule has 0 amide bonds. The highest BCUT2D eigenvalue weighted by Crippen LogP contribution is 2.33. The number of benzene rings is 2. The van der Waals surface area contributed by atoms with E-state index in [9.17, 15) is 10.1 Å². The molecule has 0 radical (unpaired) electrons. The van der Waals surface area contributed by atoms with Gasteiger partial charge in [0.05, 0.1) is 10.3 Å². The number of fused-ring (bicyclic) bond motifs is 1. The van der Waals surface area contributed by atoms with E-state index < -0.39 is 0 Å². The van der Waals surface area contributed by atoms with E-state index in [0.29, 0.717) is 17.5 Å². The van der Waals surface area contributed by atoms with Gasteiger partial charge in [-0.1, -0.05) is 18.2 Å². The SMILES string of the molecule is CN(C)C1CCC(Nc2ccc([N+](=O)[O-])c3ccccc23)CC1. The Hall–Kier alpha value is -2.14. The first-order valence-corrected chi connectivity index (χ1v) is 8.15. The summed E-state index contributed by atoms with van der Waals surface area (Å²) < 4.78 is 0. The molecule has 1 fully saturated rings. The van der Waals surface area contributed by atoms with E-state index in [1.807, 2.05) is 30.3 Å². The molecule has 0 saturated heterocycles. The van der Waals surface area contributed by atoms with Crippen LogP contribution in [-0.2, 0) is 0 Å². The normalized spacial score (nSPS) is 21.5. The second kappa shape index (κ2) is 6.54. The predicted molar refractivity (Wildman–Crippen MR) is 94.0 cm³/mol. The minimum atomic E-state index is -0.311. The van der Waals surface area contributed by atoms with Crippen LogP contribution in [0.1, 0.15) is 25.7 Å². The maximum Gasteiger partial charge on any atom is 0.277 e. The summed E-state index contributed by atoms with van der Waals surface area (Å²) in [7, 11) is 4.28. The van der Waals surface area contributed by atoms with Crippen molar-refractivity contribution in [2.24, 2.45) is 0 Å². The molecule has 0 heterocycles. The van der Waals surface area contributed by atoms with Crippen LogP contribution in [0, 0.1) is 10.1 Å². The third kappa shape index (κ3) is 3.29. The molecule has 0 aromatic heterocycles. The van der Waals surface area contributed by atoms with E-state index in [0.717, 1.165) is 23.9 Å². The van der Waals surface area contributed by atoms with Gasteiger partial charge in [0.1, 0.15) is 0 Å². The Labute approximate surface area is 136 Å². The van der Waals surface area contributed by atoms with Gasteiger partial charge in [-0.2, -0.15) is 0 Å². The molecule has 0 bridgehead atoms. The van der Waals surface area contributed by atoms with Crippen LogP contribution in [0.2, 0.25) is 0 Å². The molecule has 5 heteroatoms. The van der Waals surface area contributed by atoms with E-state index in [1.165, 1.54) is 12.8 Å². The zero-order valence-electron chi connectivity index (χ0n) is 13.7. The number of nitrogens with zero attached hydrogens (tertiary/aromatic N) is 2. The smallest absolute Gasteiger partial charge is 0.277 e. The Morgan fingerprint density at radius 3 is 2.30 bits per heavy atom. The lowest BCUT2D eigenvalue weighted by molar-refractivity contribution is -0.383. The summed E-state index contributed by atoms with van der Waals surface area (Å²) in [6.45, 7) is 0. The summed E-state index contributed by atoms with van der Waals surface area (Å²) in [6, 6.07) is 12.1. The standard InChI is InChI=1S/C18H23N3O2/c1-20(2)14-9-7-13(8-10-14)19-17-11-12-18(21(22)23)16-6-4-3-5-15(16)17/h3-6,11-14,19H,7-10H2,1-2H3. The van der Waals surface area contributed by atoms with Crippen LogP contribution in [0.4, 0.5) is 11.4 Å². The van der Waals surface area contributed by atoms with Gasteiger partial charge in [0.25, 0.3) is 5.69 Å². The highest BCUT2D eigenvalue weighted by atomic mass is 16.6. The summed E-state index contributed by atoms with van der Waals surface area (Å²) in [5.74, 6) is 0. The number of rotatable bonds is 4. The molecule has 0 unspecified atom stereocenters. The Morgan fingerprint density at radius 2 is 1.70 bits per heavy atom. The van der Waals surface area contributed by atoms with Gasteiger partial charge in [0.15, 0.2) is 0 Å². The third-order valence-corrected chi connectivity index (χ3v) is 4.88. The van der Waals surface area contributed by atoms with Crippen molar-refractivity contribution in [3.8, 4) is 0 Å². The average molecular weight is 313 g/mol. The van der Waals surface area contributed by atoms with Crippen molar-refractivity contribution >= 4 is 22.1 Å². The summed E-state index contributed by atoms with van der Waals surface area (Å²) in [6.07, 6.45) is 4.65. The van der Waals surface area contributed by atoms with E-state index in [-0.39, 0.29) is 10.6 Å². The first-order chi connectivity index (χ1) is 11.1. The van der Waals surface area contributed by atoms with Crippen LogP contribution >= 0.6 is 0 Å². The van der Waals surface area contributed by atoms with Crippen molar-refractivity contribution in [3.63, 3.8) is 0 Å². The maximum absolute atomic E-state index is 11.2. The van der Waals surface area contributed by atoms with Crippen molar-refractivity contribution in [2.75, 3.05) is 19.4 Å². The van der Waals surface area contributed by atoms with Crippen molar-refractivity contribution in [3.05, 3.63) is 46.5 Å². The van der Waals surface area contributed by atoms with Gasteiger partial charge < -0.3 is 10.2 Å². The fraction of sp³-hybridized carbons (Fsp3) is 0.444. The summed E-state index contributed by atoms with van der Waals surface area (Å²) in [5.41, 5.74) is 1.17. The lowest BCUT2D eigenvalue weighted by Gasteiger charge is -2.33. The molecular weight excluding hydrogens is 290 g/mol. The second-order valence-electron chi connectivity index (χ2n) is 6.55. The molecule has 23 heavy (non-hydrogen) atoms. The second-order valence-corrected chi connectivity index (χ2v) is 6.55. The van der Waals surface area contributed by atoms with Gasteiger partial charge in [0, 0.05) is 29.2 Å². The molecule has 3 rings (SSSR count). The highest BCUT2D eigenvalue weighted by molar-refractivity contribution is 5.99. The third-order valence-electron chi connectivity index (χ3n) is 4.88. The predicted octanol–water partition coefficient (Wildman–Crippen LogP) is 4.03. The lowest BCUT2D eigenvalue weighted by atomic mass is 9.90. The number of non-ortho nitro benzene ring substituents is 1. The monoisotopic (exact) mass is 313 g/mol. The number of nitro benzene ring substituents is 1. The van der Waals surface area contributed by atoms with Gasteiger partial charge in [-0.15, -0.1) is 0 Å². The molecule has 1 aliphatic carbocycles. The number of anilines is 1. The Kier molecular flexibility index (Phi) is 4.48. The molecule has 1 aliphatic rings. The Morgan fingerprint density at radius 1 is 1.04 bits per heavy atom. The van der Waals surface area contributed by atoms with Crippen LogP contribution in [-0.4, -0.2) is 36.0 Å². The van der Waals surface area contributed by atoms with Crippen LogP contribution in [0.3, 0.4) is 0 Å². The number of hydrogen-bond donors (Lipinski definition) is 1. The molecule has 1 N–H and O–H groups in total. The Bertz CT molecular complexity index is 706. The summed E-state index contributed by atoms with van der Waals surface area (Å²) in [5, 5.41) is 16.4. The molecule has 0 atom stereocenters. The van der Waals surface area contributed by atoms with E-state index in [2.05, 4.69) is 24.3 Å². The van der Waals surface area contributed by atoms with Crippen LogP contribution < -0.4 is 5.32 Å². The molecule has 2 aromatic rings. The van der Waals surface area contributed by atoms with Gasteiger partial charge >= 0.3 is 0 Å². The molecule has 0 aliphatic heterocycles. The largest absolute Gasteiger partial charge is 0.382 e. The quantitative estimate of drug-likeness (QED) is 0.684. The minimum Gasteiger partial charge on any atom is -0.382 e. The zero-order valence-corrected chi connectivity index (χ0v) is 13.7. The number of hydrogen-bond acceptors (Lipinski definition) is 4. The van der Waals surface area contributed by atoms with Gasteiger partial charge in [0.2, 0.25) is 0 Å². The van der Waals surface area contributed by atoms with E-state index in [1.54, 1.807) is 6.07 Å². The van der Waals surface area contributed by atoms with Crippen molar-refractivity contribution in [1.82, 2.24) is 4.90 Å². The van der Waals surface area contributed by atoms with Gasteiger partial charge in [-0.3, -0.25) is 10.1 Å².